The van der Waals surface area contributed by atoms with E-state index in [1.54, 1.807) is 6.92 Å². The molecule has 0 bridgehead atoms. The van der Waals surface area contributed by atoms with Crippen LogP contribution < -0.4 is 0 Å². The number of carboxylic acids is 1. The van der Waals surface area contributed by atoms with Gasteiger partial charge in [-0.05, 0) is 25.5 Å². The molecule has 0 aliphatic carbocycles. The zero-order valence-corrected chi connectivity index (χ0v) is 12.0. The van der Waals surface area contributed by atoms with Crippen LogP contribution in [0.25, 0.3) is 0 Å². The Hall–Kier alpha value is -2.00. The molecule has 1 heterocycles. The predicted molar refractivity (Wildman–Crippen MR) is 72.2 cm³/mol. The summed E-state index contributed by atoms with van der Waals surface area (Å²) in [5, 5.41) is 19.6. The van der Waals surface area contributed by atoms with E-state index in [9.17, 15) is 23.3 Å². The molecule has 1 saturated heterocycles. The number of hydrogen-bond acceptors (Lipinski definition) is 5. The summed E-state index contributed by atoms with van der Waals surface area (Å²) in [7, 11) is -3.85. The van der Waals surface area contributed by atoms with Gasteiger partial charge in [-0.1, -0.05) is 0 Å². The molecule has 114 valence electrons. The lowest BCUT2D eigenvalue weighted by Crippen LogP contribution is -2.37. The van der Waals surface area contributed by atoms with Crippen molar-refractivity contribution in [3.63, 3.8) is 0 Å². The van der Waals surface area contributed by atoms with E-state index in [-0.39, 0.29) is 23.5 Å². The summed E-state index contributed by atoms with van der Waals surface area (Å²) in [6.45, 7) is 1.67. The molecule has 2 rings (SSSR count). The second-order valence-electron chi connectivity index (χ2n) is 4.84. The van der Waals surface area contributed by atoms with Gasteiger partial charge < -0.3 is 5.11 Å². The number of benzene rings is 1. The Balaban J connectivity index is 2.30. The summed E-state index contributed by atoms with van der Waals surface area (Å²) in [5.74, 6) is -1.76. The lowest BCUT2D eigenvalue weighted by atomic mass is 10.0. The number of nitro groups is 1. The molecular formula is C12H14N2O6S. The summed E-state index contributed by atoms with van der Waals surface area (Å²) in [6, 6.07) is 3.90. The van der Waals surface area contributed by atoms with E-state index in [0.717, 1.165) is 28.6 Å². The van der Waals surface area contributed by atoms with E-state index in [1.165, 1.54) is 0 Å². The minimum absolute atomic E-state index is 0.0778. The van der Waals surface area contributed by atoms with Gasteiger partial charge in [-0.15, -0.1) is 0 Å². The largest absolute Gasteiger partial charge is 0.481 e. The van der Waals surface area contributed by atoms with Gasteiger partial charge in [-0.3, -0.25) is 14.9 Å². The Morgan fingerprint density at radius 1 is 1.38 bits per heavy atom. The molecule has 1 aromatic carbocycles. The third kappa shape index (κ3) is 2.74. The minimum atomic E-state index is -3.85. The fraction of sp³-hybridized carbons (Fsp3) is 0.417. The lowest BCUT2D eigenvalue weighted by molar-refractivity contribution is -0.384. The van der Waals surface area contributed by atoms with Crippen molar-refractivity contribution in [1.82, 2.24) is 4.31 Å². The van der Waals surface area contributed by atoms with E-state index in [1.807, 2.05) is 0 Å². The van der Waals surface area contributed by atoms with Crippen molar-refractivity contribution in [3.05, 3.63) is 34.4 Å². The van der Waals surface area contributed by atoms with Gasteiger partial charge in [0.05, 0.1) is 15.7 Å². The topological polar surface area (TPSA) is 118 Å². The second-order valence-corrected chi connectivity index (χ2v) is 6.73. The van der Waals surface area contributed by atoms with E-state index < -0.39 is 32.9 Å². The van der Waals surface area contributed by atoms with Crippen LogP contribution in [-0.2, 0) is 14.8 Å². The molecule has 0 aromatic heterocycles. The molecule has 1 aromatic rings. The van der Waals surface area contributed by atoms with Crippen LogP contribution in [0.4, 0.5) is 5.69 Å². The zero-order chi connectivity index (χ0) is 15.8. The normalized spacial score (nSPS) is 23.1. The smallest absolute Gasteiger partial charge is 0.308 e. The number of carboxylic acid groups (broad SMARTS) is 1. The average molecular weight is 314 g/mol. The first kappa shape index (κ1) is 15.4. The fourth-order valence-electron chi connectivity index (χ4n) is 2.46. The van der Waals surface area contributed by atoms with Gasteiger partial charge >= 0.3 is 5.97 Å². The van der Waals surface area contributed by atoms with Crippen molar-refractivity contribution in [1.29, 1.82) is 0 Å². The zero-order valence-electron chi connectivity index (χ0n) is 11.2. The van der Waals surface area contributed by atoms with Gasteiger partial charge in [0.2, 0.25) is 10.0 Å². The highest BCUT2D eigenvalue weighted by atomic mass is 32.2. The van der Waals surface area contributed by atoms with Crippen molar-refractivity contribution >= 4 is 21.7 Å². The molecule has 9 heteroatoms. The number of hydrogen-bond donors (Lipinski definition) is 1. The molecule has 1 N–H and O–H groups in total. The van der Waals surface area contributed by atoms with Gasteiger partial charge in [-0.2, -0.15) is 4.31 Å². The summed E-state index contributed by atoms with van der Waals surface area (Å²) < 4.78 is 26.0. The third-order valence-corrected chi connectivity index (χ3v) is 5.67. The molecule has 1 aliphatic rings. The van der Waals surface area contributed by atoms with E-state index in [4.69, 9.17) is 5.11 Å². The number of non-ortho nitro benzene ring substituents is 1. The molecule has 0 saturated carbocycles. The van der Waals surface area contributed by atoms with Crippen molar-refractivity contribution in [2.45, 2.75) is 24.3 Å². The van der Waals surface area contributed by atoms with Gasteiger partial charge in [0.15, 0.2) is 0 Å². The van der Waals surface area contributed by atoms with Crippen LogP contribution in [0.2, 0.25) is 0 Å². The molecule has 8 nitrogen and oxygen atoms in total. The van der Waals surface area contributed by atoms with Gasteiger partial charge in [-0.25, -0.2) is 8.42 Å². The maximum atomic E-state index is 12.5. The summed E-state index contributed by atoms with van der Waals surface area (Å²) >= 11 is 0. The highest BCUT2D eigenvalue weighted by Crippen LogP contribution is 2.30. The molecule has 2 atom stereocenters. The molecule has 0 spiro atoms. The SMILES string of the molecule is CC1C(C(=O)O)CCN1S(=O)(=O)c1ccc([N+](=O)[O-])cc1. The minimum Gasteiger partial charge on any atom is -0.481 e. The lowest BCUT2D eigenvalue weighted by Gasteiger charge is -2.22. The second kappa shape index (κ2) is 5.41. The average Bonchev–Trinajstić information content (AvgIpc) is 2.81. The first-order valence-electron chi connectivity index (χ1n) is 6.24. The molecule has 1 fully saturated rings. The Bertz CT molecular complexity index is 669. The summed E-state index contributed by atoms with van der Waals surface area (Å²) in [6.07, 6.45) is 0.253. The molecule has 1 aliphatic heterocycles. The highest BCUT2D eigenvalue weighted by Gasteiger charge is 2.42. The molecular weight excluding hydrogens is 300 g/mol. The van der Waals surface area contributed by atoms with E-state index in [0.29, 0.717) is 0 Å². The molecule has 0 radical (unpaired) electrons. The Morgan fingerprint density at radius 3 is 2.38 bits per heavy atom. The molecule has 21 heavy (non-hydrogen) atoms. The molecule has 2 unspecified atom stereocenters. The predicted octanol–water partition coefficient (Wildman–Crippen LogP) is 1.08. The van der Waals surface area contributed by atoms with E-state index >= 15 is 0 Å². The monoisotopic (exact) mass is 314 g/mol. The van der Waals surface area contributed by atoms with Crippen molar-refractivity contribution in [2.24, 2.45) is 5.92 Å². The Labute approximate surface area is 121 Å². The van der Waals surface area contributed by atoms with Crippen LogP contribution in [0.5, 0.6) is 0 Å². The van der Waals surface area contributed by atoms with Crippen LogP contribution in [0.1, 0.15) is 13.3 Å². The van der Waals surface area contributed by atoms with Crippen molar-refractivity contribution in [2.75, 3.05) is 6.54 Å². The maximum absolute atomic E-state index is 12.5. The highest BCUT2D eigenvalue weighted by molar-refractivity contribution is 7.89. The standard InChI is InChI=1S/C12H14N2O6S/c1-8-11(12(15)16)6-7-13(8)21(19,20)10-4-2-9(3-5-10)14(17)18/h2-5,8,11H,6-7H2,1H3,(H,15,16). The van der Waals surface area contributed by atoms with E-state index in [2.05, 4.69) is 0 Å². The van der Waals surface area contributed by atoms with Crippen molar-refractivity contribution < 1.29 is 23.2 Å². The van der Waals surface area contributed by atoms with Crippen LogP contribution >= 0.6 is 0 Å². The molecule has 0 amide bonds. The van der Waals surface area contributed by atoms with Crippen LogP contribution in [0.15, 0.2) is 29.2 Å². The summed E-state index contributed by atoms with van der Waals surface area (Å²) in [4.78, 5) is 20.9. The van der Waals surface area contributed by atoms with Gasteiger partial charge in [0.1, 0.15) is 0 Å². The number of sulfonamides is 1. The quantitative estimate of drug-likeness (QED) is 0.656. The fourth-order valence-corrected chi connectivity index (χ4v) is 4.14. The number of aliphatic carboxylic acids is 1. The first-order valence-corrected chi connectivity index (χ1v) is 7.68. The number of carbonyl (C=O) groups is 1. The summed E-state index contributed by atoms with van der Waals surface area (Å²) in [5.41, 5.74) is -0.202. The van der Waals surface area contributed by atoms with Gasteiger partial charge in [0.25, 0.3) is 5.69 Å². The Morgan fingerprint density at radius 2 is 1.95 bits per heavy atom. The van der Waals surface area contributed by atoms with Crippen LogP contribution in [0, 0.1) is 16.0 Å². The number of nitro benzene ring substituents is 1. The van der Waals surface area contributed by atoms with Gasteiger partial charge in [0, 0.05) is 24.7 Å². The van der Waals surface area contributed by atoms with Crippen molar-refractivity contribution in [3.8, 4) is 0 Å². The van der Waals surface area contributed by atoms with Crippen LogP contribution in [-0.4, -0.2) is 41.3 Å². The Kier molecular flexibility index (Phi) is 3.97. The van der Waals surface area contributed by atoms with Crippen LogP contribution in [0.3, 0.4) is 0 Å². The third-order valence-electron chi connectivity index (χ3n) is 3.67. The number of nitrogens with zero attached hydrogens (tertiary/aromatic N) is 2. The maximum Gasteiger partial charge on any atom is 0.308 e. The first-order chi connectivity index (χ1) is 9.75. The number of rotatable bonds is 4.